The predicted molar refractivity (Wildman–Crippen MR) is 58.7 cm³/mol. The van der Waals surface area contributed by atoms with Gasteiger partial charge in [0.15, 0.2) is 11.5 Å². The minimum absolute atomic E-state index is 0.0582. The summed E-state index contributed by atoms with van der Waals surface area (Å²) >= 11 is 1.17. The summed E-state index contributed by atoms with van der Waals surface area (Å²) in [5.41, 5.74) is 1.04. The van der Waals surface area contributed by atoms with Crippen LogP contribution in [0.2, 0.25) is 0 Å². The first-order chi connectivity index (χ1) is 7.60. The van der Waals surface area contributed by atoms with Crippen LogP contribution in [-0.4, -0.2) is 23.8 Å². The SMILES string of the molecule is COC1=CC(=O)c2sc(CO)c(C)c2C1=O. The zero-order chi connectivity index (χ0) is 11.9. The molecule has 0 aliphatic heterocycles. The lowest BCUT2D eigenvalue weighted by molar-refractivity contribution is 0.0918. The van der Waals surface area contributed by atoms with Crippen LogP contribution in [0.3, 0.4) is 0 Å². The van der Waals surface area contributed by atoms with Crippen molar-refractivity contribution in [3.05, 3.63) is 32.7 Å². The van der Waals surface area contributed by atoms with E-state index in [9.17, 15) is 9.59 Å². The number of allylic oxidation sites excluding steroid dienone is 2. The lowest BCUT2D eigenvalue weighted by Crippen LogP contribution is -2.16. The molecule has 0 radical (unpaired) electrons. The summed E-state index contributed by atoms with van der Waals surface area (Å²) in [5, 5.41) is 9.10. The molecule has 1 aromatic rings. The van der Waals surface area contributed by atoms with Gasteiger partial charge in [0, 0.05) is 11.0 Å². The van der Waals surface area contributed by atoms with Gasteiger partial charge in [-0.05, 0) is 12.5 Å². The highest BCUT2D eigenvalue weighted by atomic mass is 32.1. The van der Waals surface area contributed by atoms with Gasteiger partial charge in [-0.15, -0.1) is 11.3 Å². The number of Topliss-reactive ketones (excluding diaryl/α,β-unsaturated/α-hetero) is 1. The number of ether oxygens (including phenoxy) is 1. The zero-order valence-electron chi connectivity index (χ0n) is 8.86. The monoisotopic (exact) mass is 238 g/mol. The summed E-state index contributed by atoms with van der Waals surface area (Å²) in [5.74, 6) is -0.465. The number of rotatable bonds is 2. The van der Waals surface area contributed by atoms with Gasteiger partial charge in [-0.2, -0.15) is 0 Å². The topological polar surface area (TPSA) is 63.6 Å². The van der Waals surface area contributed by atoms with E-state index in [0.717, 1.165) is 0 Å². The second-order valence-corrected chi connectivity index (χ2v) is 4.52. The van der Waals surface area contributed by atoms with Gasteiger partial charge < -0.3 is 9.84 Å². The van der Waals surface area contributed by atoms with E-state index in [1.807, 2.05) is 0 Å². The lowest BCUT2D eigenvalue weighted by Gasteiger charge is -2.10. The molecule has 2 rings (SSSR count). The Labute approximate surface area is 96.2 Å². The Bertz CT molecular complexity index is 510. The van der Waals surface area contributed by atoms with E-state index in [-0.39, 0.29) is 23.9 Å². The van der Waals surface area contributed by atoms with Crippen LogP contribution in [0, 0.1) is 6.92 Å². The third-order valence-corrected chi connectivity index (χ3v) is 3.84. The lowest BCUT2D eigenvalue weighted by atomic mass is 9.97. The first kappa shape index (κ1) is 11.0. The van der Waals surface area contributed by atoms with E-state index in [1.165, 1.54) is 24.5 Å². The average Bonchev–Trinajstić information content (AvgIpc) is 2.61. The van der Waals surface area contributed by atoms with E-state index in [0.29, 0.717) is 20.9 Å². The first-order valence-corrected chi connectivity index (χ1v) is 5.49. The maximum absolute atomic E-state index is 11.9. The van der Waals surface area contributed by atoms with Gasteiger partial charge in [0.2, 0.25) is 5.78 Å². The van der Waals surface area contributed by atoms with Crippen LogP contribution in [0.15, 0.2) is 11.8 Å². The fraction of sp³-hybridized carbons (Fsp3) is 0.273. The Kier molecular flexibility index (Phi) is 2.65. The van der Waals surface area contributed by atoms with E-state index in [2.05, 4.69) is 0 Å². The molecule has 0 unspecified atom stereocenters. The number of aliphatic hydroxyl groups excluding tert-OH is 1. The molecule has 1 aromatic heterocycles. The number of hydrogen-bond donors (Lipinski definition) is 1. The Balaban J connectivity index is 2.64. The van der Waals surface area contributed by atoms with Crippen molar-refractivity contribution in [1.29, 1.82) is 0 Å². The number of ketones is 2. The van der Waals surface area contributed by atoms with Crippen LogP contribution in [0.4, 0.5) is 0 Å². The smallest absolute Gasteiger partial charge is 0.229 e. The molecule has 1 N–H and O–H groups in total. The first-order valence-electron chi connectivity index (χ1n) is 4.68. The van der Waals surface area contributed by atoms with Gasteiger partial charge in [-0.1, -0.05) is 0 Å². The van der Waals surface area contributed by atoms with Crippen molar-refractivity contribution in [2.75, 3.05) is 7.11 Å². The number of carbonyl (C=O) groups is 2. The van der Waals surface area contributed by atoms with Crippen molar-refractivity contribution in [1.82, 2.24) is 0 Å². The van der Waals surface area contributed by atoms with E-state index in [4.69, 9.17) is 9.84 Å². The predicted octanol–water partition coefficient (Wildman–Crippen LogP) is 1.46. The second-order valence-electron chi connectivity index (χ2n) is 3.42. The zero-order valence-corrected chi connectivity index (χ0v) is 9.68. The Morgan fingerprint density at radius 3 is 2.69 bits per heavy atom. The summed E-state index contributed by atoms with van der Waals surface area (Å²) in [6.45, 7) is 1.57. The van der Waals surface area contributed by atoms with Crippen molar-refractivity contribution >= 4 is 22.9 Å². The van der Waals surface area contributed by atoms with Gasteiger partial charge in [-0.25, -0.2) is 0 Å². The van der Waals surface area contributed by atoms with E-state index < -0.39 is 0 Å². The van der Waals surface area contributed by atoms with Crippen LogP contribution < -0.4 is 0 Å². The number of hydrogen-bond acceptors (Lipinski definition) is 5. The summed E-state index contributed by atoms with van der Waals surface area (Å²) in [4.78, 5) is 24.7. The van der Waals surface area contributed by atoms with Crippen LogP contribution in [-0.2, 0) is 11.3 Å². The Hall–Kier alpha value is -1.46. The van der Waals surface area contributed by atoms with E-state index in [1.54, 1.807) is 6.92 Å². The van der Waals surface area contributed by atoms with Crippen LogP contribution in [0.1, 0.15) is 30.5 Å². The third-order valence-electron chi connectivity index (χ3n) is 2.55. The Morgan fingerprint density at radius 2 is 2.12 bits per heavy atom. The molecule has 0 spiro atoms. The minimum Gasteiger partial charge on any atom is -0.492 e. The van der Waals surface area contributed by atoms with Crippen LogP contribution in [0.5, 0.6) is 0 Å². The molecule has 1 aliphatic rings. The number of thiophene rings is 1. The number of aliphatic hydroxyl groups is 1. The molecule has 4 nitrogen and oxygen atoms in total. The summed E-state index contributed by atoms with van der Waals surface area (Å²) in [6, 6.07) is 0. The number of methoxy groups -OCH3 is 1. The fourth-order valence-electron chi connectivity index (χ4n) is 1.68. The summed E-state index contributed by atoms with van der Waals surface area (Å²) in [7, 11) is 1.36. The molecule has 0 fully saturated rings. The highest BCUT2D eigenvalue weighted by molar-refractivity contribution is 7.15. The maximum Gasteiger partial charge on any atom is 0.229 e. The van der Waals surface area contributed by atoms with Crippen molar-refractivity contribution in [3.63, 3.8) is 0 Å². The van der Waals surface area contributed by atoms with Crippen molar-refractivity contribution in [2.24, 2.45) is 0 Å². The molecule has 16 heavy (non-hydrogen) atoms. The van der Waals surface area contributed by atoms with Gasteiger partial charge >= 0.3 is 0 Å². The molecule has 5 heteroatoms. The molecule has 0 saturated heterocycles. The third kappa shape index (κ3) is 1.40. The van der Waals surface area contributed by atoms with Gasteiger partial charge in [0.25, 0.3) is 0 Å². The molecule has 0 aromatic carbocycles. The largest absolute Gasteiger partial charge is 0.492 e. The number of fused-ring (bicyclic) bond motifs is 1. The highest BCUT2D eigenvalue weighted by Gasteiger charge is 2.31. The highest BCUT2D eigenvalue weighted by Crippen LogP contribution is 2.33. The molecule has 1 heterocycles. The quantitative estimate of drug-likeness (QED) is 0.847. The van der Waals surface area contributed by atoms with E-state index >= 15 is 0 Å². The van der Waals surface area contributed by atoms with Crippen molar-refractivity contribution < 1.29 is 19.4 Å². The molecule has 84 valence electrons. The molecular weight excluding hydrogens is 228 g/mol. The maximum atomic E-state index is 11.9. The molecule has 1 aliphatic carbocycles. The van der Waals surface area contributed by atoms with Gasteiger partial charge in [0.05, 0.1) is 24.2 Å². The van der Waals surface area contributed by atoms with Crippen molar-refractivity contribution in [3.8, 4) is 0 Å². The van der Waals surface area contributed by atoms with Crippen molar-refractivity contribution in [2.45, 2.75) is 13.5 Å². The van der Waals surface area contributed by atoms with Gasteiger partial charge in [-0.3, -0.25) is 9.59 Å². The fourth-order valence-corrected chi connectivity index (χ4v) is 2.76. The molecule has 0 atom stereocenters. The second kappa shape index (κ2) is 3.84. The minimum atomic E-state index is -0.287. The summed E-state index contributed by atoms with van der Waals surface area (Å²) < 4.78 is 4.86. The molecule has 0 bridgehead atoms. The standard InChI is InChI=1S/C11H10O4S/c1-5-8(4-12)16-11-6(13)3-7(15-2)10(14)9(5)11/h3,12H,4H2,1-2H3. The molecular formula is C11H10O4S. The van der Waals surface area contributed by atoms with Crippen LogP contribution in [0.25, 0.3) is 0 Å². The average molecular weight is 238 g/mol. The molecule has 0 saturated carbocycles. The van der Waals surface area contributed by atoms with Crippen LogP contribution >= 0.6 is 11.3 Å². The normalized spacial score (nSPS) is 14.8. The Morgan fingerprint density at radius 1 is 1.44 bits per heavy atom. The molecule has 0 amide bonds. The van der Waals surface area contributed by atoms with Gasteiger partial charge in [0.1, 0.15) is 0 Å². The summed E-state index contributed by atoms with van der Waals surface area (Å²) in [6.07, 6.45) is 1.20. The number of carbonyl (C=O) groups excluding carboxylic acids is 2.